The molecule has 0 saturated carbocycles. The second kappa shape index (κ2) is 8.64. The van der Waals surface area contributed by atoms with Crippen molar-refractivity contribution >= 4 is 29.8 Å². The molecular weight excluding hydrogens is 300 g/mol. The van der Waals surface area contributed by atoms with Gasteiger partial charge in [0, 0.05) is 11.2 Å². The van der Waals surface area contributed by atoms with Gasteiger partial charge in [-0.3, -0.25) is 4.79 Å². The summed E-state index contributed by atoms with van der Waals surface area (Å²) in [5, 5.41) is 4.36. The summed E-state index contributed by atoms with van der Waals surface area (Å²) in [4.78, 5) is 11.5. The third-order valence-corrected chi connectivity index (χ3v) is 2.84. The largest absolute Gasteiger partial charge is 0.484 e. The quantitative estimate of drug-likeness (QED) is 0.655. The Hall–Kier alpha value is -2.59. The van der Waals surface area contributed by atoms with Crippen LogP contribution < -0.4 is 10.2 Å². The Bertz CT molecular complexity index is 669. The highest BCUT2D eigenvalue weighted by Gasteiger charge is 2.01. The summed E-state index contributed by atoms with van der Waals surface area (Å²) >= 11 is 5.82. The van der Waals surface area contributed by atoms with E-state index in [0.717, 1.165) is 5.56 Å². The summed E-state index contributed by atoms with van der Waals surface area (Å²) in [6.45, 7) is -0.125. The molecule has 2 rings (SSSR count). The molecule has 0 aromatic heterocycles. The first-order valence-electron chi connectivity index (χ1n) is 6.66. The van der Waals surface area contributed by atoms with Crippen molar-refractivity contribution in [2.45, 2.75) is 0 Å². The van der Waals surface area contributed by atoms with Crippen molar-refractivity contribution < 1.29 is 9.53 Å². The Morgan fingerprint density at radius 2 is 2.00 bits per heavy atom. The van der Waals surface area contributed by atoms with Gasteiger partial charge in [0.05, 0.1) is 0 Å². The van der Waals surface area contributed by atoms with Crippen molar-refractivity contribution in [3.63, 3.8) is 0 Å². The maximum atomic E-state index is 11.5. The van der Waals surface area contributed by atoms with Crippen LogP contribution >= 0.6 is 11.6 Å². The summed E-state index contributed by atoms with van der Waals surface area (Å²) < 4.78 is 5.29. The van der Waals surface area contributed by atoms with Crippen LogP contribution in [-0.2, 0) is 4.79 Å². The smallest absolute Gasteiger partial charge is 0.277 e. The number of allylic oxidation sites excluding steroid dienone is 1. The van der Waals surface area contributed by atoms with Gasteiger partial charge in [0.2, 0.25) is 0 Å². The predicted octanol–water partition coefficient (Wildman–Crippen LogP) is 3.53. The Balaban J connectivity index is 1.71. The Kier molecular flexibility index (Phi) is 6.20. The van der Waals surface area contributed by atoms with Crippen LogP contribution in [0.3, 0.4) is 0 Å². The van der Waals surface area contributed by atoms with Crippen molar-refractivity contribution in [3.8, 4) is 5.75 Å². The molecule has 0 spiro atoms. The number of nitrogens with zero attached hydrogens (tertiary/aromatic N) is 1. The molecule has 0 aliphatic rings. The molecule has 0 bridgehead atoms. The first-order chi connectivity index (χ1) is 10.7. The molecule has 0 aliphatic carbocycles. The predicted molar refractivity (Wildman–Crippen MR) is 89.1 cm³/mol. The third-order valence-electron chi connectivity index (χ3n) is 2.60. The fourth-order valence-electron chi connectivity index (χ4n) is 1.61. The third kappa shape index (κ3) is 5.81. The number of carbonyl (C=O) groups excluding carboxylic acids is 1. The zero-order valence-corrected chi connectivity index (χ0v) is 12.5. The van der Waals surface area contributed by atoms with Crippen LogP contribution in [0.25, 0.3) is 6.08 Å². The van der Waals surface area contributed by atoms with E-state index in [2.05, 4.69) is 10.5 Å². The number of benzene rings is 2. The average Bonchev–Trinajstić information content (AvgIpc) is 2.54. The van der Waals surface area contributed by atoms with Crippen LogP contribution in [0.1, 0.15) is 5.56 Å². The Labute approximate surface area is 134 Å². The molecule has 0 saturated heterocycles. The minimum absolute atomic E-state index is 0.125. The molecule has 5 heteroatoms. The standard InChI is InChI=1S/C17H15ClN2O2/c18-15-9-4-10-16(12-15)22-13-17(21)20-19-11-5-8-14-6-2-1-3-7-14/h1-12H,13H2,(H,20,21)/b8-5+,19-11+. The monoisotopic (exact) mass is 314 g/mol. The van der Waals surface area contributed by atoms with Gasteiger partial charge in [-0.05, 0) is 29.8 Å². The van der Waals surface area contributed by atoms with Crippen molar-refractivity contribution in [1.29, 1.82) is 0 Å². The number of hydrazone groups is 1. The molecular formula is C17H15ClN2O2. The van der Waals surface area contributed by atoms with Crippen molar-refractivity contribution in [1.82, 2.24) is 5.43 Å². The van der Waals surface area contributed by atoms with Gasteiger partial charge in [0.15, 0.2) is 6.61 Å². The molecule has 1 N–H and O–H groups in total. The topological polar surface area (TPSA) is 50.7 Å². The van der Waals surface area contributed by atoms with Gasteiger partial charge < -0.3 is 4.74 Å². The van der Waals surface area contributed by atoms with E-state index in [9.17, 15) is 4.79 Å². The van der Waals surface area contributed by atoms with Crippen LogP contribution in [-0.4, -0.2) is 18.7 Å². The molecule has 0 radical (unpaired) electrons. The fraction of sp³-hybridized carbons (Fsp3) is 0.0588. The number of ether oxygens (including phenoxy) is 1. The fourth-order valence-corrected chi connectivity index (χ4v) is 1.79. The molecule has 1 amide bonds. The highest BCUT2D eigenvalue weighted by atomic mass is 35.5. The molecule has 22 heavy (non-hydrogen) atoms. The lowest BCUT2D eigenvalue weighted by Crippen LogP contribution is -2.24. The highest BCUT2D eigenvalue weighted by Crippen LogP contribution is 2.16. The first kappa shape index (κ1) is 15.8. The number of hydrogen-bond donors (Lipinski definition) is 1. The van der Waals surface area contributed by atoms with Crippen molar-refractivity contribution in [2.75, 3.05) is 6.61 Å². The number of hydrogen-bond acceptors (Lipinski definition) is 3. The van der Waals surface area contributed by atoms with E-state index in [1.165, 1.54) is 6.21 Å². The van der Waals surface area contributed by atoms with Crippen LogP contribution in [0.15, 0.2) is 65.8 Å². The van der Waals surface area contributed by atoms with E-state index in [1.807, 2.05) is 36.4 Å². The Morgan fingerprint density at radius 1 is 1.18 bits per heavy atom. The highest BCUT2D eigenvalue weighted by molar-refractivity contribution is 6.30. The molecule has 0 heterocycles. The average molecular weight is 315 g/mol. The Morgan fingerprint density at radius 3 is 2.77 bits per heavy atom. The maximum Gasteiger partial charge on any atom is 0.277 e. The van der Waals surface area contributed by atoms with Crippen LogP contribution in [0, 0.1) is 0 Å². The molecule has 2 aromatic carbocycles. The molecule has 112 valence electrons. The van der Waals surface area contributed by atoms with Gasteiger partial charge in [-0.25, -0.2) is 5.43 Å². The molecule has 4 nitrogen and oxygen atoms in total. The second-order valence-electron chi connectivity index (χ2n) is 4.33. The van der Waals surface area contributed by atoms with E-state index in [1.54, 1.807) is 30.3 Å². The first-order valence-corrected chi connectivity index (χ1v) is 7.04. The lowest BCUT2D eigenvalue weighted by Gasteiger charge is -2.04. The summed E-state index contributed by atoms with van der Waals surface area (Å²) in [5.41, 5.74) is 3.43. The van der Waals surface area contributed by atoms with Gasteiger partial charge in [0.1, 0.15) is 5.75 Å². The zero-order valence-electron chi connectivity index (χ0n) is 11.8. The summed E-state index contributed by atoms with van der Waals surface area (Å²) in [6.07, 6.45) is 5.13. The number of halogens is 1. The summed E-state index contributed by atoms with van der Waals surface area (Å²) in [7, 11) is 0. The number of rotatable bonds is 6. The van der Waals surface area contributed by atoms with E-state index in [0.29, 0.717) is 10.8 Å². The maximum absolute atomic E-state index is 11.5. The van der Waals surface area contributed by atoms with Gasteiger partial charge in [-0.1, -0.05) is 54.1 Å². The molecule has 0 aliphatic heterocycles. The van der Waals surface area contributed by atoms with Crippen molar-refractivity contribution in [2.24, 2.45) is 5.10 Å². The van der Waals surface area contributed by atoms with Gasteiger partial charge in [-0.15, -0.1) is 0 Å². The van der Waals surface area contributed by atoms with E-state index in [-0.39, 0.29) is 12.5 Å². The number of amides is 1. The van der Waals surface area contributed by atoms with Crippen molar-refractivity contribution in [3.05, 3.63) is 71.3 Å². The SMILES string of the molecule is O=C(COc1cccc(Cl)c1)N/N=C/C=C/c1ccccc1. The zero-order chi connectivity index (χ0) is 15.6. The molecule has 0 unspecified atom stereocenters. The number of nitrogens with one attached hydrogen (secondary N) is 1. The van der Waals surface area contributed by atoms with Gasteiger partial charge >= 0.3 is 0 Å². The van der Waals surface area contributed by atoms with Crippen LogP contribution in [0.4, 0.5) is 0 Å². The van der Waals surface area contributed by atoms with Gasteiger partial charge in [0.25, 0.3) is 5.91 Å². The second-order valence-corrected chi connectivity index (χ2v) is 4.77. The minimum Gasteiger partial charge on any atom is -0.484 e. The lowest BCUT2D eigenvalue weighted by molar-refractivity contribution is -0.123. The van der Waals surface area contributed by atoms with Crippen LogP contribution in [0.2, 0.25) is 5.02 Å². The van der Waals surface area contributed by atoms with E-state index >= 15 is 0 Å². The molecule has 0 atom stereocenters. The minimum atomic E-state index is -0.343. The normalized spacial score (nSPS) is 11.0. The number of carbonyl (C=O) groups is 1. The summed E-state index contributed by atoms with van der Waals surface area (Å²) in [5.74, 6) is 0.194. The van der Waals surface area contributed by atoms with Gasteiger partial charge in [-0.2, -0.15) is 5.10 Å². The summed E-state index contributed by atoms with van der Waals surface area (Å²) in [6, 6.07) is 16.7. The molecule has 2 aromatic rings. The van der Waals surface area contributed by atoms with Crippen LogP contribution in [0.5, 0.6) is 5.75 Å². The lowest BCUT2D eigenvalue weighted by atomic mass is 10.2. The van der Waals surface area contributed by atoms with E-state index in [4.69, 9.17) is 16.3 Å². The van der Waals surface area contributed by atoms with E-state index < -0.39 is 0 Å². The molecule has 0 fully saturated rings.